The SMILES string of the molecule is CC(C)OC(C)(O)/C(O)=C/OSC(C)C(C)C. The van der Waals surface area contributed by atoms with Crippen LogP contribution in [0.1, 0.15) is 41.5 Å². The maximum atomic E-state index is 9.80. The van der Waals surface area contributed by atoms with E-state index >= 15 is 0 Å². The Kier molecular flexibility index (Phi) is 6.97. The number of aliphatic hydroxyl groups excluding tert-OH is 1. The smallest absolute Gasteiger partial charge is 0.225 e. The van der Waals surface area contributed by atoms with Crippen LogP contribution in [0, 0.1) is 5.92 Å². The van der Waals surface area contributed by atoms with E-state index in [-0.39, 0.29) is 11.9 Å². The number of hydrogen-bond acceptors (Lipinski definition) is 5. The second-order valence-corrected chi connectivity index (χ2v) is 5.92. The maximum absolute atomic E-state index is 9.80. The second-order valence-electron chi connectivity index (χ2n) is 4.79. The molecular weight excluding hydrogens is 240 g/mol. The van der Waals surface area contributed by atoms with E-state index in [4.69, 9.17) is 8.92 Å². The molecule has 0 aromatic carbocycles. The first-order valence-corrected chi connectivity index (χ1v) is 6.59. The molecule has 0 spiro atoms. The average molecular weight is 264 g/mol. The molecule has 102 valence electrons. The van der Waals surface area contributed by atoms with Gasteiger partial charge in [-0.2, -0.15) is 0 Å². The molecule has 0 fully saturated rings. The molecule has 0 saturated heterocycles. The van der Waals surface area contributed by atoms with Crippen LogP contribution in [-0.2, 0) is 8.92 Å². The molecule has 0 saturated carbocycles. The predicted octanol–water partition coefficient (Wildman–Crippen LogP) is 3.23. The molecule has 0 aromatic rings. The number of rotatable bonds is 7. The van der Waals surface area contributed by atoms with Gasteiger partial charge >= 0.3 is 0 Å². The third-order valence-corrected chi connectivity index (χ3v) is 3.30. The summed E-state index contributed by atoms with van der Waals surface area (Å²) in [6.07, 6.45) is 0.925. The van der Waals surface area contributed by atoms with Gasteiger partial charge in [-0.3, -0.25) is 0 Å². The lowest BCUT2D eigenvalue weighted by Crippen LogP contribution is -2.33. The van der Waals surface area contributed by atoms with Gasteiger partial charge in [0.05, 0.1) is 18.1 Å². The fourth-order valence-corrected chi connectivity index (χ4v) is 1.44. The first-order chi connectivity index (χ1) is 7.66. The highest BCUT2D eigenvalue weighted by Crippen LogP contribution is 2.23. The molecule has 2 atom stereocenters. The van der Waals surface area contributed by atoms with Crippen LogP contribution in [0.15, 0.2) is 12.0 Å². The third-order valence-electron chi connectivity index (χ3n) is 2.25. The van der Waals surface area contributed by atoms with Crippen molar-refractivity contribution in [3.05, 3.63) is 12.0 Å². The van der Waals surface area contributed by atoms with Crippen LogP contribution in [0.3, 0.4) is 0 Å². The van der Waals surface area contributed by atoms with Crippen molar-refractivity contribution in [1.82, 2.24) is 0 Å². The molecule has 0 heterocycles. The minimum absolute atomic E-state index is 0.192. The van der Waals surface area contributed by atoms with Gasteiger partial charge in [0.2, 0.25) is 5.79 Å². The molecule has 0 aliphatic rings. The number of aliphatic hydroxyl groups is 2. The predicted molar refractivity (Wildman–Crippen MR) is 70.5 cm³/mol. The van der Waals surface area contributed by atoms with Crippen molar-refractivity contribution in [3.8, 4) is 0 Å². The topological polar surface area (TPSA) is 58.9 Å². The molecule has 0 rings (SSSR count). The molecule has 4 nitrogen and oxygen atoms in total. The van der Waals surface area contributed by atoms with E-state index in [0.717, 1.165) is 6.26 Å². The Bertz CT molecular complexity index is 249. The van der Waals surface area contributed by atoms with E-state index < -0.39 is 5.79 Å². The molecule has 0 amide bonds. The molecule has 17 heavy (non-hydrogen) atoms. The van der Waals surface area contributed by atoms with Crippen LogP contribution in [0.2, 0.25) is 0 Å². The van der Waals surface area contributed by atoms with Crippen LogP contribution in [0.4, 0.5) is 0 Å². The zero-order chi connectivity index (χ0) is 13.6. The van der Waals surface area contributed by atoms with Gasteiger partial charge in [0.1, 0.15) is 6.26 Å². The highest BCUT2D eigenvalue weighted by Gasteiger charge is 2.28. The first-order valence-electron chi connectivity index (χ1n) is 5.78. The van der Waals surface area contributed by atoms with Gasteiger partial charge in [-0.25, -0.2) is 0 Å². The normalized spacial score (nSPS) is 18.3. The van der Waals surface area contributed by atoms with Crippen molar-refractivity contribution in [2.45, 2.75) is 58.7 Å². The summed E-state index contributed by atoms with van der Waals surface area (Å²) in [5, 5.41) is 19.7. The Hall–Kier alpha value is -0.390. The molecule has 0 aliphatic carbocycles. The highest BCUT2D eigenvalue weighted by molar-refractivity contribution is 7.95. The lowest BCUT2D eigenvalue weighted by molar-refractivity contribution is -0.202. The van der Waals surface area contributed by atoms with E-state index in [2.05, 4.69) is 13.8 Å². The second kappa shape index (κ2) is 7.13. The van der Waals surface area contributed by atoms with E-state index in [0.29, 0.717) is 11.2 Å². The van der Waals surface area contributed by atoms with Crippen molar-refractivity contribution in [2.24, 2.45) is 5.92 Å². The van der Waals surface area contributed by atoms with E-state index in [9.17, 15) is 10.2 Å². The van der Waals surface area contributed by atoms with Crippen LogP contribution in [-0.4, -0.2) is 27.4 Å². The first kappa shape index (κ1) is 16.6. The van der Waals surface area contributed by atoms with Gasteiger partial charge in [-0.1, -0.05) is 13.8 Å². The Morgan fingerprint density at radius 1 is 1.24 bits per heavy atom. The number of ether oxygens (including phenoxy) is 1. The van der Waals surface area contributed by atoms with Crippen LogP contribution < -0.4 is 0 Å². The minimum atomic E-state index is -1.71. The molecule has 0 aliphatic heterocycles. The third kappa shape index (κ3) is 6.81. The molecular formula is C12H24O4S. The summed E-state index contributed by atoms with van der Waals surface area (Å²) in [6, 6.07) is 0. The van der Waals surface area contributed by atoms with Gasteiger partial charge in [0.25, 0.3) is 0 Å². The van der Waals surface area contributed by atoms with Gasteiger partial charge in [-0.05, 0) is 33.6 Å². The van der Waals surface area contributed by atoms with Gasteiger partial charge < -0.3 is 19.1 Å². The van der Waals surface area contributed by atoms with Crippen molar-refractivity contribution in [2.75, 3.05) is 0 Å². The van der Waals surface area contributed by atoms with Crippen LogP contribution >= 0.6 is 12.0 Å². The largest absolute Gasteiger partial charge is 0.505 e. The summed E-state index contributed by atoms with van der Waals surface area (Å²) >= 11 is 1.24. The van der Waals surface area contributed by atoms with E-state index in [1.807, 2.05) is 6.92 Å². The van der Waals surface area contributed by atoms with Crippen molar-refractivity contribution in [1.29, 1.82) is 0 Å². The van der Waals surface area contributed by atoms with Crippen LogP contribution in [0.25, 0.3) is 0 Å². The fourth-order valence-electron chi connectivity index (χ4n) is 0.901. The minimum Gasteiger partial charge on any atom is -0.505 e. The lowest BCUT2D eigenvalue weighted by atomic mass is 10.2. The molecule has 2 N–H and O–H groups in total. The van der Waals surface area contributed by atoms with E-state index in [1.54, 1.807) is 13.8 Å². The quantitative estimate of drug-likeness (QED) is 0.420. The Balaban J connectivity index is 4.25. The van der Waals surface area contributed by atoms with Crippen molar-refractivity contribution in [3.63, 3.8) is 0 Å². The Labute approximate surface area is 108 Å². The fraction of sp³-hybridized carbons (Fsp3) is 0.833. The van der Waals surface area contributed by atoms with Crippen molar-refractivity contribution < 1.29 is 19.1 Å². The molecule has 0 aromatic heterocycles. The number of hydrogen-bond donors (Lipinski definition) is 2. The lowest BCUT2D eigenvalue weighted by Gasteiger charge is -2.25. The van der Waals surface area contributed by atoms with Gasteiger partial charge in [0, 0.05) is 5.25 Å². The summed E-state index contributed by atoms with van der Waals surface area (Å²) < 4.78 is 10.3. The van der Waals surface area contributed by atoms with Gasteiger partial charge in [-0.15, -0.1) is 0 Å². The van der Waals surface area contributed by atoms with Crippen molar-refractivity contribution >= 4 is 12.0 Å². The Morgan fingerprint density at radius 2 is 1.76 bits per heavy atom. The highest BCUT2D eigenvalue weighted by atomic mass is 32.2. The maximum Gasteiger partial charge on any atom is 0.225 e. The Morgan fingerprint density at radius 3 is 2.18 bits per heavy atom. The molecule has 0 bridgehead atoms. The summed E-state index contributed by atoms with van der Waals surface area (Å²) in [4.78, 5) is 0. The zero-order valence-corrected chi connectivity index (χ0v) is 12.2. The summed E-state index contributed by atoms with van der Waals surface area (Å²) in [5.74, 6) is -1.58. The summed E-state index contributed by atoms with van der Waals surface area (Å²) in [7, 11) is 0. The molecule has 0 radical (unpaired) electrons. The monoisotopic (exact) mass is 264 g/mol. The standard InChI is InChI=1S/C12H24O4S/c1-8(2)10(5)17-15-7-11(13)12(6,14)16-9(3)4/h7-10,13-14H,1-6H3/b11-7-. The average Bonchev–Trinajstić information content (AvgIpc) is 2.14. The van der Waals surface area contributed by atoms with E-state index in [1.165, 1.54) is 19.0 Å². The van der Waals surface area contributed by atoms with Crippen LogP contribution in [0.5, 0.6) is 0 Å². The molecule has 5 heteroatoms. The summed E-state index contributed by atoms with van der Waals surface area (Å²) in [5.41, 5.74) is 0. The van der Waals surface area contributed by atoms with Gasteiger partial charge in [0.15, 0.2) is 5.76 Å². The summed E-state index contributed by atoms with van der Waals surface area (Å²) in [6.45, 7) is 11.1. The molecule has 2 unspecified atom stereocenters. The zero-order valence-electron chi connectivity index (χ0n) is 11.4.